The molecule has 0 amide bonds. The lowest BCUT2D eigenvalue weighted by molar-refractivity contribution is -0.00829. The van der Waals surface area contributed by atoms with Gasteiger partial charge in [-0.25, -0.2) is 0 Å². The van der Waals surface area contributed by atoms with E-state index < -0.39 is 0 Å². The monoisotopic (exact) mass is 286 g/mol. The molecule has 0 aromatic heterocycles. The van der Waals surface area contributed by atoms with E-state index >= 15 is 0 Å². The Bertz CT molecular complexity index is 457. The van der Waals surface area contributed by atoms with Crippen LogP contribution in [0.3, 0.4) is 0 Å². The molecule has 0 bridgehead atoms. The molecule has 0 radical (unpaired) electrons. The van der Waals surface area contributed by atoms with E-state index in [1.165, 1.54) is 45.2 Å². The molecule has 1 aliphatic carbocycles. The van der Waals surface area contributed by atoms with Crippen LogP contribution in [0.1, 0.15) is 44.2 Å². The van der Waals surface area contributed by atoms with Gasteiger partial charge in [0.15, 0.2) is 0 Å². The lowest BCUT2D eigenvalue weighted by Crippen LogP contribution is -2.61. The molecule has 21 heavy (non-hydrogen) atoms. The Balaban J connectivity index is 1.83. The van der Waals surface area contributed by atoms with Crippen LogP contribution in [0.25, 0.3) is 0 Å². The van der Waals surface area contributed by atoms with Gasteiger partial charge >= 0.3 is 0 Å². The van der Waals surface area contributed by atoms with E-state index in [9.17, 15) is 0 Å². The fourth-order valence-electron chi connectivity index (χ4n) is 4.71. The first kappa shape index (κ1) is 15.1. The zero-order chi connectivity index (χ0) is 14.9. The van der Waals surface area contributed by atoms with Gasteiger partial charge < -0.3 is 5.73 Å². The van der Waals surface area contributed by atoms with E-state index in [-0.39, 0.29) is 5.54 Å². The molecule has 0 saturated heterocycles. The minimum Gasteiger partial charge on any atom is -0.329 e. The SMILES string of the molecule is CC1CCCC(CN)(N2CCc3ccccc3CC2)C1C. The van der Waals surface area contributed by atoms with Crippen molar-refractivity contribution in [3.05, 3.63) is 35.4 Å². The van der Waals surface area contributed by atoms with Crippen LogP contribution in [0.15, 0.2) is 24.3 Å². The number of benzene rings is 1. The summed E-state index contributed by atoms with van der Waals surface area (Å²) in [6.45, 7) is 8.01. The van der Waals surface area contributed by atoms with Gasteiger partial charge in [-0.15, -0.1) is 0 Å². The first-order valence-electron chi connectivity index (χ1n) is 8.69. The van der Waals surface area contributed by atoms with E-state index in [4.69, 9.17) is 5.73 Å². The largest absolute Gasteiger partial charge is 0.329 e. The molecule has 3 rings (SSSR count). The van der Waals surface area contributed by atoms with Crippen LogP contribution in [0.4, 0.5) is 0 Å². The van der Waals surface area contributed by atoms with E-state index in [0.29, 0.717) is 5.92 Å². The van der Waals surface area contributed by atoms with E-state index in [0.717, 1.165) is 12.5 Å². The maximum absolute atomic E-state index is 6.34. The minimum absolute atomic E-state index is 0.236. The van der Waals surface area contributed by atoms with Gasteiger partial charge in [-0.2, -0.15) is 0 Å². The average Bonchev–Trinajstić information content (AvgIpc) is 2.73. The normalized spacial score (nSPS) is 34.2. The van der Waals surface area contributed by atoms with Crippen LogP contribution in [0.2, 0.25) is 0 Å². The van der Waals surface area contributed by atoms with Crippen LogP contribution in [-0.2, 0) is 12.8 Å². The molecule has 3 atom stereocenters. The maximum Gasteiger partial charge on any atom is 0.0359 e. The van der Waals surface area contributed by atoms with Crippen molar-refractivity contribution in [2.24, 2.45) is 17.6 Å². The molecule has 1 fully saturated rings. The molecular formula is C19H30N2. The van der Waals surface area contributed by atoms with E-state index in [2.05, 4.69) is 43.0 Å². The molecule has 1 aliphatic heterocycles. The quantitative estimate of drug-likeness (QED) is 0.904. The van der Waals surface area contributed by atoms with Gasteiger partial charge in [0.1, 0.15) is 0 Å². The lowest BCUT2D eigenvalue weighted by Gasteiger charge is -2.52. The fraction of sp³-hybridized carbons (Fsp3) is 0.684. The van der Waals surface area contributed by atoms with Crippen LogP contribution in [0, 0.1) is 11.8 Å². The molecule has 0 spiro atoms. The van der Waals surface area contributed by atoms with Crippen molar-refractivity contribution in [3.63, 3.8) is 0 Å². The Morgan fingerprint density at radius 2 is 1.76 bits per heavy atom. The van der Waals surface area contributed by atoms with Gasteiger partial charge in [0.2, 0.25) is 0 Å². The van der Waals surface area contributed by atoms with E-state index in [1.54, 1.807) is 11.1 Å². The molecule has 2 N–H and O–H groups in total. The van der Waals surface area contributed by atoms with Gasteiger partial charge in [-0.1, -0.05) is 51.0 Å². The standard InChI is InChI=1S/C19H30N2/c1-15-6-5-11-19(14-20,16(15)2)21-12-9-17-7-3-4-8-18(17)10-13-21/h3-4,7-8,15-16H,5-6,9-14,20H2,1-2H3. The van der Waals surface area contributed by atoms with Gasteiger partial charge in [0.05, 0.1) is 0 Å². The molecule has 1 saturated carbocycles. The number of nitrogens with two attached hydrogens (primary N) is 1. The summed E-state index contributed by atoms with van der Waals surface area (Å²) in [5, 5.41) is 0. The summed E-state index contributed by atoms with van der Waals surface area (Å²) in [6.07, 6.45) is 6.35. The Labute approximate surface area is 129 Å². The van der Waals surface area contributed by atoms with Crippen molar-refractivity contribution in [2.45, 2.75) is 51.5 Å². The third kappa shape index (κ3) is 2.64. The maximum atomic E-state index is 6.34. The Morgan fingerprint density at radius 1 is 1.14 bits per heavy atom. The summed E-state index contributed by atoms with van der Waals surface area (Å²) in [6, 6.07) is 8.97. The molecule has 3 unspecified atom stereocenters. The highest BCUT2D eigenvalue weighted by Gasteiger charge is 2.44. The molecule has 2 aliphatic rings. The first-order valence-corrected chi connectivity index (χ1v) is 8.69. The second-order valence-corrected chi connectivity index (χ2v) is 7.22. The Morgan fingerprint density at radius 3 is 2.33 bits per heavy atom. The number of hydrogen-bond donors (Lipinski definition) is 1. The second-order valence-electron chi connectivity index (χ2n) is 7.22. The van der Waals surface area contributed by atoms with Gasteiger partial charge in [0, 0.05) is 25.2 Å². The highest BCUT2D eigenvalue weighted by molar-refractivity contribution is 5.29. The summed E-state index contributed by atoms with van der Waals surface area (Å²) >= 11 is 0. The molecule has 1 heterocycles. The Kier molecular flexibility index (Phi) is 4.37. The van der Waals surface area contributed by atoms with Crippen molar-refractivity contribution in [2.75, 3.05) is 19.6 Å². The number of fused-ring (bicyclic) bond motifs is 1. The highest BCUT2D eigenvalue weighted by atomic mass is 15.2. The first-order chi connectivity index (χ1) is 10.2. The molecule has 116 valence electrons. The van der Waals surface area contributed by atoms with Crippen molar-refractivity contribution >= 4 is 0 Å². The topological polar surface area (TPSA) is 29.3 Å². The summed E-state index contributed by atoms with van der Waals surface area (Å²) in [5.41, 5.74) is 9.66. The minimum atomic E-state index is 0.236. The van der Waals surface area contributed by atoms with Crippen molar-refractivity contribution in [3.8, 4) is 0 Å². The second kappa shape index (κ2) is 6.10. The van der Waals surface area contributed by atoms with Crippen molar-refractivity contribution in [1.82, 2.24) is 4.90 Å². The summed E-state index contributed by atoms with van der Waals surface area (Å²) in [5.74, 6) is 1.50. The van der Waals surface area contributed by atoms with Crippen molar-refractivity contribution in [1.29, 1.82) is 0 Å². The number of hydrogen-bond acceptors (Lipinski definition) is 2. The zero-order valence-corrected chi connectivity index (χ0v) is 13.6. The highest BCUT2D eigenvalue weighted by Crippen LogP contribution is 2.41. The average molecular weight is 286 g/mol. The Hall–Kier alpha value is -0.860. The zero-order valence-electron chi connectivity index (χ0n) is 13.6. The van der Waals surface area contributed by atoms with Crippen LogP contribution in [-0.4, -0.2) is 30.1 Å². The summed E-state index contributed by atoms with van der Waals surface area (Å²) in [7, 11) is 0. The molecule has 2 nitrogen and oxygen atoms in total. The number of nitrogens with zero attached hydrogens (tertiary/aromatic N) is 1. The third-order valence-electron chi connectivity index (χ3n) is 6.37. The van der Waals surface area contributed by atoms with Crippen LogP contribution in [0.5, 0.6) is 0 Å². The van der Waals surface area contributed by atoms with Crippen LogP contribution >= 0.6 is 0 Å². The number of rotatable bonds is 2. The van der Waals surface area contributed by atoms with Gasteiger partial charge in [-0.3, -0.25) is 4.90 Å². The van der Waals surface area contributed by atoms with Crippen molar-refractivity contribution < 1.29 is 0 Å². The summed E-state index contributed by atoms with van der Waals surface area (Å²) < 4.78 is 0. The van der Waals surface area contributed by atoms with Gasteiger partial charge in [-0.05, 0) is 42.2 Å². The van der Waals surface area contributed by atoms with Gasteiger partial charge in [0.25, 0.3) is 0 Å². The summed E-state index contributed by atoms with van der Waals surface area (Å²) in [4.78, 5) is 2.74. The molecule has 2 heteroatoms. The lowest BCUT2D eigenvalue weighted by atomic mass is 9.67. The predicted octanol–water partition coefficient (Wildman–Crippen LogP) is 3.24. The molecule has 1 aromatic carbocycles. The fourth-order valence-corrected chi connectivity index (χ4v) is 4.71. The van der Waals surface area contributed by atoms with Crippen LogP contribution < -0.4 is 5.73 Å². The van der Waals surface area contributed by atoms with E-state index in [1.807, 2.05) is 0 Å². The predicted molar refractivity (Wildman–Crippen MR) is 89.4 cm³/mol. The third-order valence-corrected chi connectivity index (χ3v) is 6.37. The molecular weight excluding hydrogens is 256 g/mol. The molecule has 1 aromatic rings. The smallest absolute Gasteiger partial charge is 0.0359 e.